The van der Waals surface area contributed by atoms with E-state index in [1.165, 1.54) is 5.56 Å². The van der Waals surface area contributed by atoms with Crippen LogP contribution in [0.25, 0.3) is 0 Å². The van der Waals surface area contributed by atoms with E-state index >= 15 is 0 Å². The molecule has 1 atom stereocenters. The zero-order chi connectivity index (χ0) is 17.9. The molecule has 0 saturated carbocycles. The maximum Gasteiger partial charge on any atom is 0.275 e. The molecule has 4 rings (SSSR count). The fourth-order valence-electron chi connectivity index (χ4n) is 2.88. The summed E-state index contributed by atoms with van der Waals surface area (Å²) >= 11 is 0. The summed E-state index contributed by atoms with van der Waals surface area (Å²) in [5.41, 5.74) is 3.70. The van der Waals surface area contributed by atoms with Crippen LogP contribution in [0.3, 0.4) is 0 Å². The molecule has 0 N–H and O–H groups in total. The number of rotatable bonds is 3. The fourth-order valence-corrected chi connectivity index (χ4v) is 2.88. The van der Waals surface area contributed by atoms with Crippen molar-refractivity contribution in [2.75, 3.05) is 0 Å². The Balaban J connectivity index is 1.73. The van der Waals surface area contributed by atoms with Crippen LogP contribution in [-0.4, -0.2) is 12.1 Å². The third kappa shape index (κ3) is 3.22. The number of aliphatic imine (C=N–C) groups is 1. The van der Waals surface area contributed by atoms with Gasteiger partial charge in [-0.3, -0.25) is 14.8 Å². The largest absolute Gasteiger partial charge is 0.275 e. The molecule has 4 nitrogen and oxygen atoms in total. The van der Waals surface area contributed by atoms with Crippen LogP contribution in [0.5, 0.6) is 0 Å². The van der Waals surface area contributed by atoms with E-state index in [-0.39, 0.29) is 5.91 Å². The highest BCUT2D eigenvalue weighted by atomic mass is 16.1. The monoisotopic (exact) mass is 339 g/mol. The molecule has 1 aliphatic heterocycles. The van der Waals surface area contributed by atoms with Crippen molar-refractivity contribution in [3.05, 3.63) is 100 Å². The fraction of sp³-hybridized carbons (Fsp3) is 0.0909. The quantitative estimate of drug-likeness (QED) is 0.676. The van der Waals surface area contributed by atoms with Crippen LogP contribution in [0.1, 0.15) is 22.7 Å². The molecule has 1 aliphatic rings. The molecule has 0 bridgehead atoms. The lowest BCUT2D eigenvalue weighted by Gasteiger charge is -2.14. The zero-order valence-corrected chi connectivity index (χ0v) is 14.3. The minimum absolute atomic E-state index is 0.262. The first-order valence-corrected chi connectivity index (χ1v) is 8.46. The number of aryl methyl sites for hydroxylation is 1. The Morgan fingerprint density at radius 1 is 0.885 bits per heavy atom. The van der Waals surface area contributed by atoms with Crippen LogP contribution in [0.2, 0.25) is 0 Å². The number of carbonyl (C=O) groups is 1. The summed E-state index contributed by atoms with van der Waals surface area (Å²) in [7, 11) is 0. The zero-order valence-electron chi connectivity index (χ0n) is 14.3. The second kappa shape index (κ2) is 6.84. The molecule has 3 aromatic carbocycles. The minimum Gasteiger partial charge on any atom is -0.270 e. The van der Waals surface area contributed by atoms with Gasteiger partial charge in [-0.1, -0.05) is 60.2 Å². The third-order valence-corrected chi connectivity index (χ3v) is 4.28. The second-order valence-corrected chi connectivity index (χ2v) is 6.20. The van der Waals surface area contributed by atoms with Gasteiger partial charge in [0, 0.05) is 11.8 Å². The standard InChI is InChI=1S/C22H17N3O/c1-15-10-12-16(13-11-15)14-23-18-7-3-2-6-17(18)21-22(26)25-20-9-5-4-8-19(20)24-21/h2-14,21H,1H3. The van der Waals surface area contributed by atoms with Crippen LogP contribution in [-0.2, 0) is 4.79 Å². The molecule has 3 aromatic rings. The van der Waals surface area contributed by atoms with Crippen molar-refractivity contribution >= 4 is 17.8 Å². The van der Waals surface area contributed by atoms with E-state index in [4.69, 9.17) is 0 Å². The van der Waals surface area contributed by atoms with Crippen molar-refractivity contribution in [2.24, 2.45) is 15.0 Å². The van der Waals surface area contributed by atoms with Crippen LogP contribution in [0.4, 0.5) is 5.69 Å². The molecular weight excluding hydrogens is 322 g/mol. The van der Waals surface area contributed by atoms with E-state index in [2.05, 4.69) is 15.0 Å². The molecule has 0 aliphatic carbocycles. The van der Waals surface area contributed by atoms with Crippen LogP contribution in [0.15, 0.2) is 87.8 Å². The van der Waals surface area contributed by atoms with E-state index in [1.54, 1.807) is 12.3 Å². The number of hydrogen-bond acceptors (Lipinski definition) is 3. The van der Waals surface area contributed by atoms with Crippen LogP contribution >= 0.6 is 0 Å². The summed E-state index contributed by atoms with van der Waals surface area (Å²) in [6.07, 6.45) is 1.80. The number of carbonyl (C=O) groups excluding carboxylic acids is 1. The molecule has 1 unspecified atom stereocenters. The first kappa shape index (κ1) is 16.1. The second-order valence-electron chi connectivity index (χ2n) is 6.20. The summed E-state index contributed by atoms with van der Waals surface area (Å²) in [5.74, 6) is -0.262. The van der Waals surface area contributed by atoms with Crippen molar-refractivity contribution in [3.8, 4) is 0 Å². The Morgan fingerprint density at radius 3 is 2.38 bits per heavy atom. The van der Waals surface area contributed by atoms with Gasteiger partial charge in [0.25, 0.3) is 5.91 Å². The van der Waals surface area contributed by atoms with E-state index in [1.807, 2.05) is 73.7 Å². The molecule has 0 saturated heterocycles. The van der Waals surface area contributed by atoms with E-state index in [0.29, 0.717) is 5.36 Å². The van der Waals surface area contributed by atoms with Crippen molar-refractivity contribution in [1.82, 2.24) is 0 Å². The Morgan fingerprint density at radius 2 is 1.58 bits per heavy atom. The number of benzene rings is 3. The lowest BCUT2D eigenvalue weighted by atomic mass is 10.0. The SMILES string of the molecule is Cc1ccc(C=Nc2ccccc2C2N=c3ccccc3=NC2=O)cc1. The number of nitrogens with zero attached hydrogens (tertiary/aromatic N) is 3. The van der Waals surface area contributed by atoms with Gasteiger partial charge in [0.2, 0.25) is 0 Å². The highest BCUT2D eigenvalue weighted by Gasteiger charge is 2.23. The molecular formula is C22H17N3O. The van der Waals surface area contributed by atoms with Gasteiger partial charge >= 0.3 is 0 Å². The highest BCUT2D eigenvalue weighted by molar-refractivity contribution is 5.87. The number of fused-ring (bicyclic) bond motifs is 1. The molecule has 0 fully saturated rings. The normalized spacial score (nSPS) is 16.0. The first-order chi connectivity index (χ1) is 12.7. The van der Waals surface area contributed by atoms with Gasteiger partial charge < -0.3 is 0 Å². The number of amides is 1. The minimum atomic E-state index is -0.656. The van der Waals surface area contributed by atoms with Crippen molar-refractivity contribution < 1.29 is 4.79 Å². The summed E-state index contributed by atoms with van der Waals surface area (Å²) in [6.45, 7) is 2.05. The summed E-state index contributed by atoms with van der Waals surface area (Å²) in [4.78, 5) is 25.9. The van der Waals surface area contributed by atoms with E-state index < -0.39 is 6.04 Å². The molecule has 0 radical (unpaired) electrons. The van der Waals surface area contributed by atoms with Crippen molar-refractivity contribution in [3.63, 3.8) is 0 Å². The average molecular weight is 339 g/mol. The third-order valence-electron chi connectivity index (χ3n) is 4.28. The topological polar surface area (TPSA) is 54.1 Å². The van der Waals surface area contributed by atoms with Crippen LogP contribution < -0.4 is 10.7 Å². The molecule has 0 aromatic heterocycles. The van der Waals surface area contributed by atoms with Gasteiger partial charge in [0.1, 0.15) is 0 Å². The Kier molecular flexibility index (Phi) is 4.23. The van der Waals surface area contributed by atoms with Crippen LogP contribution in [0, 0.1) is 6.92 Å². The van der Waals surface area contributed by atoms with Gasteiger partial charge in [0.05, 0.1) is 16.4 Å². The number of hydrogen-bond donors (Lipinski definition) is 0. The molecule has 1 amide bonds. The molecule has 26 heavy (non-hydrogen) atoms. The molecule has 126 valence electrons. The van der Waals surface area contributed by atoms with Crippen molar-refractivity contribution in [2.45, 2.75) is 13.0 Å². The Labute approximate surface area is 151 Å². The van der Waals surface area contributed by atoms with Crippen molar-refractivity contribution in [1.29, 1.82) is 0 Å². The molecule has 1 heterocycles. The maximum absolute atomic E-state index is 12.5. The summed E-state index contributed by atoms with van der Waals surface area (Å²) in [5, 5.41) is 1.35. The maximum atomic E-state index is 12.5. The molecule has 0 spiro atoms. The lowest BCUT2D eigenvalue weighted by molar-refractivity contribution is -0.119. The number of para-hydroxylation sites is 3. The van der Waals surface area contributed by atoms with E-state index in [0.717, 1.165) is 22.2 Å². The Bertz CT molecular complexity index is 1110. The van der Waals surface area contributed by atoms with Gasteiger partial charge in [-0.05, 0) is 30.7 Å². The Hall–Kier alpha value is -3.40. The van der Waals surface area contributed by atoms with Gasteiger partial charge in [-0.25, -0.2) is 4.99 Å². The highest BCUT2D eigenvalue weighted by Crippen LogP contribution is 2.29. The predicted molar refractivity (Wildman–Crippen MR) is 101 cm³/mol. The smallest absolute Gasteiger partial charge is 0.270 e. The van der Waals surface area contributed by atoms with Gasteiger partial charge in [-0.15, -0.1) is 0 Å². The first-order valence-electron chi connectivity index (χ1n) is 8.46. The average Bonchev–Trinajstić information content (AvgIpc) is 2.67. The summed E-state index contributed by atoms with van der Waals surface area (Å²) in [6, 6.07) is 22.5. The lowest BCUT2D eigenvalue weighted by Crippen LogP contribution is -2.33. The molecule has 4 heteroatoms. The predicted octanol–water partition coefficient (Wildman–Crippen LogP) is 3.27. The van der Waals surface area contributed by atoms with E-state index in [9.17, 15) is 4.79 Å². The van der Waals surface area contributed by atoms with Gasteiger partial charge in [-0.2, -0.15) is 0 Å². The summed E-state index contributed by atoms with van der Waals surface area (Å²) < 4.78 is 0. The van der Waals surface area contributed by atoms with Gasteiger partial charge in [0.15, 0.2) is 6.04 Å².